The maximum atomic E-state index is 14.6. The third kappa shape index (κ3) is 24.3. The highest BCUT2D eigenvalue weighted by atomic mass is 16.7. The molecule has 4 rings (SSSR count). The maximum absolute atomic E-state index is 14.6. The Balaban J connectivity index is 1.35. The summed E-state index contributed by atoms with van der Waals surface area (Å²) in [4.78, 5) is 171. The molecule has 0 aromatic heterocycles. The van der Waals surface area contributed by atoms with Crippen LogP contribution in [0.25, 0.3) is 0 Å². The average molecular weight is 1300 g/mol. The molecule has 2 saturated heterocycles. The summed E-state index contributed by atoms with van der Waals surface area (Å²) in [5.41, 5.74) is 7.18. The number of aliphatic imine (C=N–C) groups is 1. The minimum absolute atomic E-state index is 0.0118. The maximum Gasteiger partial charge on any atom is 0.410 e. The third-order valence-electron chi connectivity index (χ3n) is 17.0. The van der Waals surface area contributed by atoms with Crippen LogP contribution in [0.3, 0.4) is 0 Å². The molecule has 0 radical (unpaired) electrons. The normalized spacial score (nSPS) is 17.0. The largest absolute Gasteiger partial charge is 0.445 e. The number of methoxy groups -OCH3 is 1. The molecule has 26 nitrogen and oxygen atoms in total. The molecule has 2 fully saturated rings. The van der Waals surface area contributed by atoms with Gasteiger partial charge >= 0.3 is 18.1 Å². The number of primary amides is 1. The lowest BCUT2D eigenvalue weighted by atomic mass is 9.88. The number of anilines is 1. The lowest BCUT2D eigenvalue weighted by Gasteiger charge is -2.40. The lowest BCUT2D eigenvalue weighted by Crippen LogP contribution is -2.54. The van der Waals surface area contributed by atoms with Gasteiger partial charge in [0.05, 0.1) is 24.5 Å². The Kier molecular flexibility index (Phi) is 31.6. The smallest absolute Gasteiger partial charge is 0.410 e. The van der Waals surface area contributed by atoms with Gasteiger partial charge in [0.2, 0.25) is 35.4 Å². The molecule has 10 atom stereocenters. The van der Waals surface area contributed by atoms with E-state index in [2.05, 4.69) is 31.6 Å². The fraction of sp³-hybridized carbons (Fsp3) is 0.627. The van der Waals surface area contributed by atoms with Crippen LogP contribution < -0.4 is 32.3 Å². The van der Waals surface area contributed by atoms with Gasteiger partial charge in [-0.15, -0.1) is 5.06 Å². The van der Waals surface area contributed by atoms with Gasteiger partial charge in [-0.3, -0.25) is 48.1 Å². The molecular weight excluding hydrogens is 1200 g/mol. The SMILES string of the molecule is CC[C@H](C)[C@@H]([C@@H](CC(=O)N1CCC[C@H]1C[C@@H](C)C(=O)N[C@H](C)Cc1ccccc1)OC)N(C)C(=O)C(/C=N/C(=O)[C@H](C(C)C)N(C)C(=O)OCc1ccc(NC(=O)[C@H](CCCNC(N)=O)NC(=O)[C@@H](NC(=O)CCCC(=O)ON2C(=O)CCC2=O)C(C)C)cc1)C(C)C. The molecule has 0 saturated carbocycles. The van der Waals surface area contributed by atoms with Crippen LogP contribution in [0.15, 0.2) is 59.6 Å². The number of hydrogen-bond donors (Lipinski definition) is 6. The highest BCUT2D eigenvalue weighted by molar-refractivity contribution is 6.02. The second-order valence-electron chi connectivity index (χ2n) is 25.5. The number of hydrogen-bond acceptors (Lipinski definition) is 15. The second kappa shape index (κ2) is 38.0. The summed E-state index contributed by atoms with van der Waals surface area (Å²) in [5.74, 6) is -7.72. The van der Waals surface area contributed by atoms with E-state index in [0.29, 0.717) is 42.1 Å². The number of imide groups is 1. The predicted octanol–water partition coefficient (Wildman–Crippen LogP) is 5.98. The molecule has 0 bridgehead atoms. The number of benzene rings is 2. The minimum atomic E-state index is -1.16. The van der Waals surface area contributed by atoms with Crippen LogP contribution in [0.4, 0.5) is 15.3 Å². The average Bonchev–Trinajstić information content (AvgIpc) is 1.59. The van der Waals surface area contributed by atoms with Crippen LogP contribution >= 0.6 is 0 Å². The monoisotopic (exact) mass is 1300 g/mol. The Morgan fingerprint density at radius 1 is 0.763 bits per heavy atom. The summed E-state index contributed by atoms with van der Waals surface area (Å²) in [5, 5.41) is 14.1. The van der Waals surface area contributed by atoms with Crippen molar-refractivity contribution >= 4 is 83.2 Å². The topological polar surface area (TPSA) is 344 Å². The standard InChI is InChI=1S/C67H101N11O15/c1-14-43(8)60(52(91-13)37-56(82)77-34-20-23-49(77)35-44(9)61(84)71-45(10)36-46-21-16-15-17-22-46)75(11)65(88)50(40(2)3)38-70-64(87)59(42(6)7)76(12)67(90)92-39-47-27-29-48(30-28-47)72-62(85)51(24-19-33-69-66(68)89)73-63(86)58(41(4)5)74-53(79)25-18-26-57(83)93-78-54(80)31-32-55(78)81/h15-17,21-22,27-30,38,40-45,49-52,58-60H,14,18-20,23-26,31-37,39H2,1-13H3,(H,71,84)(H,72,85)(H,73,86)(H,74,79)(H3,68,69,89)/b70-38+/t43-,44+,45+,49-,50?,51-,52+,58-,59-,60-/m0/s1. The van der Waals surface area contributed by atoms with Gasteiger partial charge in [0.25, 0.3) is 17.7 Å². The fourth-order valence-electron chi connectivity index (χ4n) is 11.5. The number of nitrogens with zero attached hydrogens (tertiary/aromatic N) is 5. The van der Waals surface area contributed by atoms with Crippen molar-refractivity contribution in [3.05, 3.63) is 65.7 Å². The first-order valence-electron chi connectivity index (χ1n) is 32.5. The van der Waals surface area contributed by atoms with Crippen molar-refractivity contribution in [3.8, 4) is 0 Å². The Morgan fingerprint density at radius 2 is 1.42 bits per heavy atom. The Labute approximate surface area is 547 Å². The number of carbonyl (C=O) groups excluding carboxylic acids is 12. The molecule has 7 N–H and O–H groups in total. The third-order valence-corrected chi connectivity index (χ3v) is 17.0. The van der Waals surface area contributed by atoms with E-state index in [1.165, 1.54) is 20.4 Å². The number of urea groups is 1. The van der Waals surface area contributed by atoms with E-state index >= 15 is 0 Å². The molecule has 2 aromatic rings. The molecule has 26 heteroatoms. The number of amides is 12. The summed E-state index contributed by atoms with van der Waals surface area (Å²) in [6.07, 6.45) is 2.92. The van der Waals surface area contributed by atoms with Gasteiger partial charge in [0.15, 0.2) is 0 Å². The first kappa shape index (κ1) is 77.2. The van der Waals surface area contributed by atoms with Crippen molar-refractivity contribution in [1.29, 1.82) is 0 Å². The fourth-order valence-corrected chi connectivity index (χ4v) is 11.5. The van der Waals surface area contributed by atoms with E-state index < -0.39 is 102 Å². The summed E-state index contributed by atoms with van der Waals surface area (Å²) in [7, 11) is 4.63. The van der Waals surface area contributed by atoms with E-state index in [0.717, 1.165) is 23.3 Å². The molecule has 12 amide bonds. The number of nitrogens with one attached hydrogen (secondary N) is 5. The van der Waals surface area contributed by atoms with Gasteiger partial charge in [0, 0.05) is 89.9 Å². The first-order valence-corrected chi connectivity index (χ1v) is 32.5. The van der Waals surface area contributed by atoms with Crippen LogP contribution in [0.1, 0.15) is 157 Å². The van der Waals surface area contributed by atoms with Gasteiger partial charge in [-0.25, -0.2) is 19.4 Å². The molecule has 2 aliphatic heterocycles. The number of likely N-dealkylation sites (N-methyl/N-ethyl adjacent to an activating group) is 2. The highest BCUT2D eigenvalue weighted by Crippen LogP contribution is 2.29. The zero-order valence-electron chi connectivity index (χ0n) is 56.5. The quantitative estimate of drug-likeness (QED) is 0.0260. The molecule has 93 heavy (non-hydrogen) atoms. The number of hydroxylamine groups is 2. The number of nitrogens with two attached hydrogens (primary N) is 1. The van der Waals surface area contributed by atoms with Crippen LogP contribution in [0.2, 0.25) is 0 Å². The molecule has 2 aliphatic rings. The number of rotatable bonds is 36. The molecule has 2 aromatic carbocycles. The van der Waals surface area contributed by atoms with Gasteiger partial charge in [0.1, 0.15) is 24.7 Å². The summed E-state index contributed by atoms with van der Waals surface area (Å²) >= 11 is 0. The Bertz CT molecular complexity index is 2890. The highest BCUT2D eigenvalue weighted by Gasteiger charge is 2.41. The van der Waals surface area contributed by atoms with E-state index in [1.54, 1.807) is 63.9 Å². The van der Waals surface area contributed by atoms with Crippen molar-refractivity contribution in [2.75, 3.05) is 39.6 Å². The zero-order valence-corrected chi connectivity index (χ0v) is 56.5. The van der Waals surface area contributed by atoms with Crippen LogP contribution in [-0.2, 0) is 75.3 Å². The molecule has 0 spiro atoms. The first-order chi connectivity index (χ1) is 44.0. The number of likely N-dealkylation sites (tertiary alicyclic amines) is 1. The van der Waals surface area contributed by atoms with Crippen molar-refractivity contribution in [2.24, 2.45) is 46.2 Å². The Morgan fingerprint density at radius 3 is 2.01 bits per heavy atom. The molecule has 0 aliphatic carbocycles. The van der Waals surface area contributed by atoms with Gasteiger partial charge < -0.3 is 56.4 Å². The predicted molar refractivity (Wildman–Crippen MR) is 348 cm³/mol. The molecule has 1 unspecified atom stereocenters. The molecule has 2 heterocycles. The van der Waals surface area contributed by atoms with Crippen molar-refractivity contribution in [1.82, 2.24) is 41.0 Å². The molecule has 514 valence electrons. The summed E-state index contributed by atoms with van der Waals surface area (Å²) in [6.45, 7) is 18.9. The number of carbonyl (C=O) groups is 12. The lowest BCUT2D eigenvalue weighted by molar-refractivity contribution is -0.197. The van der Waals surface area contributed by atoms with E-state index in [-0.39, 0.29) is 112 Å². The Hall–Kier alpha value is -8.29. The summed E-state index contributed by atoms with van der Waals surface area (Å²) < 4.78 is 11.7. The van der Waals surface area contributed by atoms with Crippen LogP contribution in [-0.4, -0.2) is 174 Å². The van der Waals surface area contributed by atoms with Crippen molar-refractivity contribution in [2.45, 2.75) is 202 Å². The van der Waals surface area contributed by atoms with E-state index in [4.69, 9.17) is 20.0 Å². The van der Waals surface area contributed by atoms with E-state index in [9.17, 15) is 57.5 Å². The molecular formula is C67H101N11O15. The van der Waals surface area contributed by atoms with E-state index in [1.807, 2.05) is 76.8 Å². The van der Waals surface area contributed by atoms with Crippen molar-refractivity contribution in [3.63, 3.8) is 0 Å². The van der Waals surface area contributed by atoms with Crippen LogP contribution in [0.5, 0.6) is 0 Å². The van der Waals surface area contributed by atoms with Gasteiger partial charge in [-0.2, -0.15) is 0 Å². The zero-order chi connectivity index (χ0) is 69.2. The second-order valence-corrected chi connectivity index (χ2v) is 25.5. The number of ether oxygens (including phenoxy) is 2. The summed E-state index contributed by atoms with van der Waals surface area (Å²) in [6, 6.07) is 11.4. The van der Waals surface area contributed by atoms with Gasteiger partial charge in [-0.1, -0.05) is 111 Å². The van der Waals surface area contributed by atoms with Gasteiger partial charge in [-0.05, 0) is 98.8 Å². The van der Waals surface area contributed by atoms with Crippen LogP contribution in [0, 0.1) is 35.5 Å². The van der Waals surface area contributed by atoms with Crippen molar-refractivity contribution < 1.29 is 71.8 Å². The minimum Gasteiger partial charge on any atom is -0.445 e.